The molecule has 1 aromatic carbocycles. The predicted molar refractivity (Wildman–Crippen MR) is 56.4 cm³/mol. The first-order valence-electron chi connectivity index (χ1n) is 4.50. The Labute approximate surface area is 86.7 Å². The molecular formula is C11H11NO3. The van der Waals surface area contributed by atoms with Crippen molar-refractivity contribution in [3.05, 3.63) is 30.0 Å². The molecule has 4 nitrogen and oxygen atoms in total. The van der Waals surface area contributed by atoms with Gasteiger partial charge in [-0.05, 0) is 18.2 Å². The monoisotopic (exact) mass is 205 g/mol. The Morgan fingerprint density at radius 1 is 1.47 bits per heavy atom. The van der Waals surface area contributed by atoms with Crippen LogP contribution in [0.15, 0.2) is 24.4 Å². The van der Waals surface area contributed by atoms with Gasteiger partial charge in [0.25, 0.3) is 0 Å². The topological polar surface area (TPSA) is 51.5 Å². The second kappa shape index (κ2) is 3.31. The van der Waals surface area contributed by atoms with Gasteiger partial charge in [-0.15, -0.1) is 0 Å². The van der Waals surface area contributed by atoms with Crippen molar-refractivity contribution in [2.75, 3.05) is 7.11 Å². The Kier molecular flexibility index (Phi) is 2.11. The highest BCUT2D eigenvalue weighted by Crippen LogP contribution is 2.25. The summed E-state index contributed by atoms with van der Waals surface area (Å²) in [4.78, 5) is 11.0. The van der Waals surface area contributed by atoms with Gasteiger partial charge in [-0.2, -0.15) is 0 Å². The van der Waals surface area contributed by atoms with Crippen LogP contribution in [0.1, 0.15) is 10.4 Å². The van der Waals surface area contributed by atoms with Crippen LogP contribution in [0, 0.1) is 0 Å². The van der Waals surface area contributed by atoms with Gasteiger partial charge in [0.2, 0.25) is 0 Å². The molecule has 0 spiro atoms. The van der Waals surface area contributed by atoms with E-state index in [4.69, 9.17) is 9.84 Å². The number of benzene rings is 1. The fraction of sp³-hybridized carbons (Fsp3) is 0.182. The second-order valence-electron chi connectivity index (χ2n) is 3.34. The van der Waals surface area contributed by atoms with E-state index < -0.39 is 5.97 Å². The molecule has 1 N–H and O–H groups in total. The lowest BCUT2D eigenvalue weighted by Crippen LogP contribution is -1.94. The number of methoxy groups -OCH3 is 1. The van der Waals surface area contributed by atoms with Crippen LogP contribution in [0.25, 0.3) is 10.9 Å². The van der Waals surface area contributed by atoms with Crippen LogP contribution >= 0.6 is 0 Å². The van der Waals surface area contributed by atoms with E-state index in [2.05, 4.69) is 0 Å². The van der Waals surface area contributed by atoms with E-state index in [1.54, 1.807) is 23.9 Å². The predicted octanol–water partition coefficient (Wildman–Crippen LogP) is 1.89. The molecule has 2 rings (SSSR count). The highest BCUT2D eigenvalue weighted by atomic mass is 16.5. The van der Waals surface area contributed by atoms with E-state index >= 15 is 0 Å². The normalized spacial score (nSPS) is 10.5. The van der Waals surface area contributed by atoms with Gasteiger partial charge < -0.3 is 14.4 Å². The standard InChI is InChI=1S/C11H11NO3/c1-12-6-9(11(13)14)8-5-7(15-2)3-4-10(8)12/h3-6H,1-2H3,(H,13,14). The van der Waals surface area contributed by atoms with Crippen LogP contribution in [-0.4, -0.2) is 22.8 Å². The number of rotatable bonds is 2. The Morgan fingerprint density at radius 2 is 2.20 bits per heavy atom. The van der Waals surface area contributed by atoms with E-state index in [0.717, 1.165) is 5.52 Å². The van der Waals surface area contributed by atoms with Crippen molar-refractivity contribution >= 4 is 16.9 Å². The molecule has 0 atom stereocenters. The van der Waals surface area contributed by atoms with Crippen molar-refractivity contribution in [2.45, 2.75) is 0 Å². The molecule has 2 aromatic rings. The molecule has 4 heteroatoms. The summed E-state index contributed by atoms with van der Waals surface area (Å²) in [6.45, 7) is 0. The number of aromatic carboxylic acids is 1. The minimum absolute atomic E-state index is 0.298. The Balaban J connectivity index is 2.77. The zero-order chi connectivity index (χ0) is 11.0. The molecule has 0 fully saturated rings. The summed E-state index contributed by atoms with van der Waals surface area (Å²) in [6.07, 6.45) is 1.60. The third-order valence-electron chi connectivity index (χ3n) is 2.43. The zero-order valence-corrected chi connectivity index (χ0v) is 8.52. The van der Waals surface area contributed by atoms with Gasteiger partial charge >= 0.3 is 5.97 Å². The van der Waals surface area contributed by atoms with Crippen molar-refractivity contribution in [3.63, 3.8) is 0 Å². The van der Waals surface area contributed by atoms with Gasteiger partial charge in [-0.25, -0.2) is 4.79 Å². The lowest BCUT2D eigenvalue weighted by atomic mass is 10.2. The molecular weight excluding hydrogens is 194 g/mol. The number of hydrogen-bond donors (Lipinski definition) is 1. The van der Waals surface area contributed by atoms with E-state index in [9.17, 15) is 4.79 Å². The molecule has 1 aromatic heterocycles. The first-order valence-corrected chi connectivity index (χ1v) is 4.50. The van der Waals surface area contributed by atoms with Crippen molar-refractivity contribution < 1.29 is 14.6 Å². The number of carboxylic acids is 1. The van der Waals surface area contributed by atoms with E-state index in [1.807, 2.05) is 19.2 Å². The summed E-state index contributed by atoms with van der Waals surface area (Å²) in [5, 5.41) is 9.70. The minimum atomic E-state index is -0.922. The molecule has 0 bridgehead atoms. The lowest BCUT2D eigenvalue weighted by Gasteiger charge is -2.00. The summed E-state index contributed by atoms with van der Waals surface area (Å²) in [6, 6.07) is 5.40. The summed E-state index contributed by atoms with van der Waals surface area (Å²) < 4.78 is 6.85. The molecule has 78 valence electrons. The molecule has 0 saturated carbocycles. The summed E-state index contributed by atoms with van der Waals surface area (Å²) >= 11 is 0. The Hall–Kier alpha value is -1.97. The van der Waals surface area contributed by atoms with Gasteiger partial charge in [0.1, 0.15) is 5.75 Å². The van der Waals surface area contributed by atoms with E-state index in [-0.39, 0.29) is 0 Å². The van der Waals surface area contributed by atoms with Crippen LogP contribution in [0.3, 0.4) is 0 Å². The Bertz CT molecular complexity index is 528. The maximum Gasteiger partial charge on any atom is 0.337 e. The zero-order valence-electron chi connectivity index (χ0n) is 8.52. The largest absolute Gasteiger partial charge is 0.497 e. The fourth-order valence-corrected chi connectivity index (χ4v) is 1.67. The molecule has 0 unspecified atom stereocenters. The van der Waals surface area contributed by atoms with Gasteiger partial charge in [0.15, 0.2) is 0 Å². The van der Waals surface area contributed by atoms with Crippen LogP contribution in [0.4, 0.5) is 0 Å². The van der Waals surface area contributed by atoms with Crippen LogP contribution in [0.5, 0.6) is 5.75 Å². The first kappa shape index (κ1) is 9.58. The number of aromatic nitrogens is 1. The van der Waals surface area contributed by atoms with Gasteiger partial charge in [-0.3, -0.25) is 0 Å². The van der Waals surface area contributed by atoms with Gasteiger partial charge in [-0.1, -0.05) is 0 Å². The number of carbonyl (C=O) groups is 1. The number of ether oxygens (including phenoxy) is 1. The molecule has 0 aliphatic heterocycles. The van der Waals surface area contributed by atoms with E-state index in [1.165, 1.54) is 0 Å². The quantitative estimate of drug-likeness (QED) is 0.814. The van der Waals surface area contributed by atoms with Crippen molar-refractivity contribution in [3.8, 4) is 5.75 Å². The number of aryl methyl sites for hydroxylation is 1. The van der Waals surface area contributed by atoms with Crippen LogP contribution in [0.2, 0.25) is 0 Å². The van der Waals surface area contributed by atoms with Crippen LogP contribution < -0.4 is 4.74 Å². The van der Waals surface area contributed by atoms with Gasteiger partial charge in [0, 0.05) is 24.1 Å². The maximum atomic E-state index is 11.0. The van der Waals surface area contributed by atoms with E-state index in [0.29, 0.717) is 16.7 Å². The molecule has 0 aliphatic rings. The third kappa shape index (κ3) is 1.44. The fourth-order valence-electron chi connectivity index (χ4n) is 1.67. The molecule has 0 amide bonds. The van der Waals surface area contributed by atoms with Crippen molar-refractivity contribution in [2.24, 2.45) is 7.05 Å². The van der Waals surface area contributed by atoms with Crippen LogP contribution in [-0.2, 0) is 7.05 Å². The number of hydrogen-bond acceptors (Lipinski definition) is 2. The highest BCUT2D eigenvalue weighted by molar-refractivity contribution is 6.03. The number of carboxylic acid groups (broad SMARTS) is 1. The average Bonchev–Trinajstić information content (AvgIpc) is 2.56. The summed E-state index contributed by atoms with van der Waals surface area (Å²) in [7, 11) is 3.38. The van der Waals surface area contributed by atoms with Gasteiger partial charge in [0.05, 0.1) is 12.7 Å². The lowest BCUT2D eigenvalue weighted by molar-refractivity contribution is 0.0699. The summed E-state index contributed by atoms with van der Waals surface area (Å²) in [5.74, 6) is -0.259. The summed E-state index contributed by atoms with van der Waals surface area (Å²) in [5.41, 5.74) is 1.18. The highest BCUT2D eigenvalue weighted by Gasteiger charge is 2.12. The maximum absolute atomic E-state index is 11.0. The first-order chi connectivity index (χ1) is 7.13. The minimum Gasteiger partial charge on any atom is -0.497 e. The smallest absolute Gasteiger partial charge is 0.337 e. The molecule has 1 heterocycles. The number of fused-ring (bicyclic) bond motifs is 1. The molecule has 0 saturated heterocycles. The SMILES string of the molecule is COc1ccc2c(c1)c(C(=O)O)cn2C. The van der Waals surface area contributed by atoms with Crippen molar-refractivity contribution in [1.29, 1.82) is 0 Å². The second-order valence-corrected chi connectivity index (χ2v) is 3.34. The molecule has 0 aliphatic carbocycles. The Morgan fingerprint density at radius 3 is 2.80 bits per heavy atom. The average molecular weight is 205 g/mol. The number of nitrogens with zero attached hydrogens (tertiary/aromatic N) is 1. The van der Waals surface area contributed by atoms with Crippen molar-refractivity contribution in [1.82, 2.24) is 4.57 Å². The third-order valence-corrected chi connectivity index (χ3v) is 2.43. The molecule has 0 radical (unpaired) electrons. The molecule has 15 heavy (non-hydrogen) atoms.